The highest BCUT2D eigenvalue weighted by molar-refractivity contribution is 6.12. The summed E-state index contributed by atoms with van der Waals surface area (Å²) in [4.78, 5) is 19.1. The highest BCUT2D eigenvalue weighted by atomic mass is 15.0. The van der Waals surface area contributed by atoms with E-state index in [2.05, 4.69) is 86.8 Å². The first-order chi connectivity index (χ1) is 33.6. The lowest BCUT2D eigenvalue weighted by atomic mass is 9.93. The molecule has 0 aliphatic rings. The summed E-state index contributed by atoms with van der Waals surface area (Å²) in [6, 6.07) is 73.5. The van der Waals surface area contributed by atoms with E-state index in [9.17, 15) is 10.5 Å². The maximum absolute atomic E-state index is 10.4. The summed E-state index contributed by atoms with van der Waals surface area (Å²) in [7, 11) is 0. The van der Waals surface area contributed by atoms with Gasteiger partial charge < -0.3 is 9.13 Å². The summed E-state index contributed by atoms with van der Waals surface area (Å²) in [6.07, 6.45) is 0. The molecular weight excluding hydrogens is 833 g/mol. The molecule has 8 heteroatoms. The van der Waals surface area contributed by atoms with Crippen molar-refractivity contribution < 1.29 is 0 Å². The molecule has 0 bridgehead atoms. The Kier molecular flexibility index (Phi) is 9.47. The van der Waals surface area contributed by atoms with E-state index >= 15 is 0 Å². The van der Waals surface area contributed by atoms with Gasteiger partial charge >= 0.3 is 0 Å². The number of rotatable bonds is 7. The van der Waals surface area contributed by atoms with Crippen molar-refractivity contribution in [2.24, 2.45) is 0 Å². The zero-order chi connectivity index (χ0) is 45.7. The third-order valence-corrected chi connectivity index (χ3v) is 12.7. The summed E-state index contributed by atoms with van der Waals surface area (Å²) < 4.78 is 4.55. The SMILES string of the molecule is [C-]#[N+]c1ccc2c(c1)c1ccccc1n2-c1cc(-c2ccccc2C#N)ccc1-c1cc(-c2nc(-c3ccccc3)nc(-c3ccccc3)n2)ccc1-n1c2ccccc2c2cc(C#N)ccc21. The molecule has 0 aliphatic heterocycles. The van der Waals surface area contributed by atoms with Crippen molar-refractivity contribution in [1.82, 2.24) is 24.1 Å². The number of para-hydroxylation sites is 2. The van der Waals surface area contributed by atoms with Crippen molar-refractivity contribution in [3.05, 3.63) is 229 Å². The Morgan fingerprint density at radius 3 is 1.57 bits per heavy atom. The molecule has 0 radical (unpaired) electrons. The van der Waals surface area contributed by atoms with E-state index in [0.717, 1.165) is 93.9 Å². The van der Waals surface area contributed by atoms with E-state index in [0.29, 0.717) is 34.3 Å². The van der Waals surface area contributed by atoms with Crippen LogP contribution in [0.5, 0.6) is 0 Å². The highest BCUT2D eigenvalue weighted by Gasteiger charge is 2.24. The van der Waals surface area contributed by atoms with Gasteiger partial charge in [0.1, 0.15) is 0 Å². The van der Waals surface area contributed by atoms with Gasteiger partial charge in [-0.3, -0.25) is 0 Å². The van der Waals surface area contributed by atoms with Crippen molar-refractivity contribution in [3.8, 4) is 79.9 Å². The van der Waals surface area contributed by atoms with Crippen molar-refractivity contribution in [2.45, 2.75) is 0 Å². The van der Waals surface area contributed by atoms with Crippen LogP contribution in [0.25, 0.3) is 116 Å². The summed E-state index contributed by atoms with van der Waals surface area (Å²) >= 11 is 0. The fraction of sp³-hybridized carbons (Fsp3) is 0. The molecule has 0 saturated heterocycles. The molecular formula is C60H34N8. The van der Waals surface area contributed by atoms with Crippen LogP contribution in [0.1, 0.15) is 11.1 Å². The Morgan fingerprint density at radius 1 is 0.382 bits per heavy atom. The quantitative estimate of drug-likeness (QED) is 0.149. The molecule has 314 valence electrons. The number of fused-ring (bicyclic) bond motifs is 6. The molecule has 0 amide bonds. The minimum atomic E-state index is 0.510. The van der Waals surface area contributed by atoms with Crippen molar-refractivity contribution in [1.29, 1.82) is 10.5 Å². The molecule has 3 heterocycles. The van der Waals surface area contributed by atoms with Crippen LogP contribution >= 0.6 is 0 Å². The standard InChI is InChI=1S/C60H34N8/c1-63-44-27-31-56-51(35-44)47-21-11-13-23-53(47)68(56)57-34-41(45-19-9-8-18-43(45)37-62)25-28-48(57)50-33-42(60-65-58(39-14-4-2-5-15-39)64-59(66-60)40-16-6-3-7-17-40)26-30-55(50)67-52-22-12-10-20-46(52)49-32-38(36-61)24-29-54(49)67/h2-35H. The molecule has 9 aromatic carbocycles. The van der Waals surface area contributed by atoms with Crippen LogP contribution in [0.4, 0.5) is 5.69 Å². The van der Waals surface area contributed by atoms with Crippen LogP contribution in [0.3, 0.4) is 0 Å². The van der Waals surface area contributed by atoms with Crippen LogP contribution < -0.4 is 0 Å². The molecule has 0 spiro atoms. The van der Waals surface area contributed by atoms with Gasteiger partial charge in [0.15, 0.2) is 23.2 Å². The number of hydrogen-bond acceptors (Lipinski definition) is 5. The van der Waals surface area contributed by atoms with Crippen LogP contribution in [0, 0.1) is 29.2 Å². The van der Waals surface area contributed by atoms with Crippen molar-refractivity contribution in [3.63, 3.8) is 0 Å². The predicted molar refractivity (Wildman–Crippen MR) is 271 cm³/mol. The molecule has 0 aliphatic carbocycles. The topological polar surface area (TPSA) is 100 Å². The van der Waals surface area contributed by atoms with Gasteiger partial charge in [-0.25, -0.2) is 19.8 Å². The van der Waals surface area contributed by atoms with Gasteiger partial charge in [0.25, 0.3) is 0 Å². The molecule has 0 N–H and O–H groups in total. The predicted octanol–water partition coefficient (Wildman–Crippen LogP) is 14.7. The molecule has 12 rings (SSSR count). The first-order valence-electron chi connectivity index (χ1n) is 22.1. The normalized spacial score (nSPS) is 11.2. The lowest BCUT2D eigenvalue weighted by molar-refractivity contribution is 1.07. The third kappa shape index (κ3) is 6.55. The second kappa shape index (κ2) is 16.2. The minimum Gasteiger partial charge on any atom is -0.309 e. The second-order valence-corrected chi connectivity index (χ2v) is 16.5. The minimum absolute atomic E-state index is 0.510. The number of benzene rings is 9. The molecule has 12 aromatic rings. The van der Waals surface area contributed by atoms with E-state index in [-0.39, 0.29) is 0 Å². The molecule has 0 fully saturated rings. The Bertz CT molecular complexity index is 4070. The van der Waals surface area contributed by atoms with Gasteiger partial charge in [0, 0.05) is 44.0 Å². The van der Waals surface area contributed by atoms with Gasteiger partial charge in [-0.1, -0.05) is 133 Å². The molecule has 8 nitrogen and oxygen atoms in total. The Morgan fingerprint density at radius 2 is 0.926 bits per heavy atom. The van der Waals surface area contributed by atoms with Crippen molar-refractivity contribution in [2.75, 3.05) is 0 Å². The molecule has 0 unspecified atom stereocenters. The Balaban J connectivity index is 1.21. The van der Waals surface area contributed by atoms with E-state index < -0.39 is 0 Å². The van der Waals surface area contributed by atoms with Gasteiger partial charge in [0.2, 0.25) is 0 Å². The Labute approximate surface area is 391 Å². The van der Waals surface area contributed by atoms with Gasteiger partial charge in [-0.2, -0.15) is 10.5 Å². The van der Waals surface area contributed by atoms with Crippen LogP contribution in [0.2, 0.25) is 0 Å². The average molecular weight is 867 g/mol. The first-order valence-corrected chi connectivity index (χ1v) is 22.1. The average Bonchev–Trinajstić information content (AvgIpc) is 3.92. The van der Waals surface area contributed by atoms with E-state index in [1.807, 2.05) is 146 Å². The molecule has 68 heavy (non-hydrogen) atoms. The lowest BCUT2D eigenvalue weighted by Gasteiger charge is -2.21. The number of nitrogens with zero attached hydrogens (tertiary/aromatic N) is 8. The fourth-order valence-electron chi connectivity index (χ4n) is 9.56. The van der Waals surface area contributed by atoms with E-state index in [1.165, 1.54) is 0 Å². The smallest absolute Gasteiger partial charge is 0.188 e. The number of hydrogen-bond donors (Lipinski definition) is 0. The van der Waals surface area contributed by atoms with E-state index in [4.69, 9.17) is 21.5 Å². The van der Waals surface area contributed by atoms with Crippen LogP contribution in [-0.4, -0.2) is 24.1 Å². The van der Waals surface area contributed by atoms with Crippen LogP contribution in [0.15, 0.2) is 206 Å². The molecule has 0 saturated carbocycles. The maximum Gasteiger partial charge on any atom is 0.188 e. The number of nitriles is 2. The zero-order valence-electron chi connectivity index (χ0n) is 36.2. The fourth-order valence-corrected chi connectivity index (χ4v) is 9.56. The number of aromatic nitrogens is 5. The zero-order valence-corrected chi connectivity index (χ0v) is 36.2. The maximum atomic E-state index is 10.4. The summed E-state index contributed by atoms with van der Waals surface area (Å²) in [5.41, 5.74) is 13.3. The monoisotopic (exact) mass is 866 g/mol. The van der Waals surface area contributed by atoms with Gasteiger partial charge in [0.05, 0.1) is 63.3 Å². The second-order valence-electron chi connectivity index (χ2n) is 16.5. The first kappa shape index (κ1) is 39.6. The Hall–Kier alpha value is -9.94. The van der Waals surface area contributed by atoms with Crippen LogP contribution in [-0.2, 0) is 0 Å². The van der Waals surface area contributed by atoms with E-state index in [1.54, 1.807) is 0 Å². The summed E-state index contributed by atoms with van der Waals surface area (Å²) in [5, 5.41) is 24.4. The molecule has 3 aromatic heterocycles. The molecule has 0 atom stereocenters. The highest BCUT2D eigenvalue weighted by Crippen LogP contribution is 2.44. The lowest BCUT2D eigenvalue weighted by Crippen LogP contribution is -2.04. The van der Waals surface area contributed by atoms with Gasteiger partial charge in [-0.05, 0) is 89.3 Å². The van der Waals surface area contributed by atoms with Crippen molar-refractivity contribution >= 4 is 49.3 Å². The largest absolute Gasteiger partial charge is 0.309 e. The summed E-state index contributed by atoms with van der Waals surface area (Å²) in [6.45, 7) is 7.91. The summed E-state index contributed by atoms with van der Waals surface area (Å²) in [5.74, 6) is 1.62. The third-order valence-electron chi connectivity index (χ3n) is 12.7. The van der Waals surface area contributed by atoms with Gasteiger partial charge in [-0.15, -0.1) is 0 Å².